The summed E-state index contributed by atoms with van der Waals surface area (Å²) in [6, 6.07) is 8.04. The molecule has 0 aliphatic heterocycles. The highest BCUT2D eigenvalue weighted by Gasteiger charge is 1.96. The summed E-state index contributed by atoms with van der Waals surface area (Å²) in [4.78, 5) is 2.00. The number of nitrogens with zero attached hydrogens (tertiary/aromatic N) is 1. The van der Waals surface area contributed by atoms with Crippen LogP contribution in [0.1, 0.15) is 12.5 Å². The first-order valence-electron chi connectivity index (χ1n) is 5.55. The Morgan fingerprint density at radius 2 is 2.00 bits per heavy atom. The highest BCUT2D eigenvalue weighted by Crippen LogP contribution is 2.13. The number of nitrogens with one attached hydrogen (secondary N) is 2. The van der Waals surface area contributed by atoms with Gasteiger partial charge in [-0.2, -0.15) is 0 Å². The molecule has 0 aromatic heterocycles. The maximum absolute atomic E-state index is 7.65. The number of anilines is 1. The molecule has 1 aromatic carbocycles. The van der Waals surface area contributed by atoms with Gasteiger partial charge in [0.05, 0.1) is 0 Å². The van der Waals surface area contributed by atoms with Crippen LogP contribution in [0.5, 0.6) is 0 Å². The zero-order valence-electron chi connectivity index (χ0n) is 10.5. The third kappa shape index (κ3) is 5.45. The van der Waals surface area contributed by atoms with Crippen molar-refractivity contribution in [2.45, 2.75) is 6.92 Å². The van der Waals surface area contributed by atoms with E-state index in [1.807, 2.05) is 56.4 Å². The molecule has 0 radical (unpaired) electrons. The van der Waals surface area contributed by atoms with Crippen LogP contribution in [0.3, 0.4) is 0 Å². The Morgan fingerprint density at radius 3 is 2.53 bits per heavy atom. The number of benzene rings is 1. The van der Waals surface area contributed by atoms with Crippen LogP contribution in [0.2, 0.25) is 0 Å². The Balaban J connectivity index is 2.59. The smallest absolute Gasteiger partial charge is 0.158 e. The summed E-state index contributed by atoms with van der Waals surface area (Å²) >= 11 is 1.50. The van der Waals surface area contributed by atoms with Crippen molar-refractivity contribution in [2.24, 2.45) is 0 Å². The van der Waals surface area contributed by atoms with Crippen LogP contribution < -0.4 is 5.32 Å². The Hall–Kier alpha value is -1.42. The fraction of sp³-hybridized carbons (Fsp3) is 0.308. The second-order valence-electron chi connectivity index (χ2n) is 3.79. The number of hydrogen-bond acceptors (Lipinski definition) is 3. The van der Waals surface area contributed by atoms with E-state index in [0.717, 1.165) is 17.0 Å². The predicted octanol–water partition coefficient (Wildman–Crippen LogP) is 3.32. The molecule has 0 unspecified atom stereocenters. The standard InChI is InChI=1S/C13H19N3S/c1-4-17-13(14)15-12-7-5-11(6-8-12)9-10-16(2)3/h5-10H,4H2,1-3H3,(H2,14,15). The summed E-state index contributed by atoms with van der Waals surface area (Å²) in [7, 11) is 3.99. The zero-order chi connectivity index (χ0) is 12.7. The molecule has 92 valence electrons. The second kappa shape index (κ2) is 7.01. The number of hydrogen-bond donors (Lipinski definition) is 2. The lowest BCUT2D eigenvalue weighted by Crippen LogP contribution is -2.05. The molecule has 0 saturated heterocycles. The molecule has 1 rings (SSSR count). The first-order valence-corrected chi connectivity index (χ1v) is 6.53. The molecule has 0 aliphatic carbocycles. The van der Waals surface area contributed by atoms with Gasteiger partial charge in [0.15, 0.2) is 5.17 Å². The number of amidine groups is 1. The maximum Gasteiger partial charge on any atom is 0.158 e. The van der Waals surface area contributed by atoms with E-state index in [1.54, 1.807) is 0 Å². The SMILES string of the molecule is CCSC(=N)Nc1ccc(C=CN(C)C)cc1. The van der Waals surface area contributed by atoms with Crippen LogP contribution in [0.25, 0.3) is 6.08 Å². The van der Waals surface area contributed by atoms with E-state index in [9.17, 15) is 0 Å². The highest BCUT2D eigenvalue weighted by molar-refractivity contribution is 8.14. The molecule has 0 amide bonds. The molecule has 0 fully saturated rings. The average molecular weight is 249 g/mol. The Kier molecular flexibility index (Phi) is 5.63. The lowest BCUT2D eigenvalue weighted by molar-refractivity contribution is 0.567. The van der Waals surface area contributed by atoms with Gasteiger partial charge >= 0.3 is 0 Å². The lowest BCUT2D eigenvalue weighted by atomic mass is 10.2. The fourth-order valence-corrected chi connectivity index (χ4v) is 1.70. The van der Waals surface area contributed by atoms with Gasteiger partial charge in [-0.3, -0.25) is 5.41 Å². The molecule has 0 heterocycles. The molecule has 0 aliphatic rings. The van der Waals surface area contributed by atoms with E-state index in [2.05, 4.69) is 11.4 Å². The molecule has 2 N–H and O–H groups in total. The Bertz CT molecular complexity index is 382. The van der Waals surface area contributed by atoms with Crippen molar-refractivity contribution in [3.63, 3.8) is 0 Å². The normalized spacial score (nSPS) is 10.5. The van der Waals surface area contributed by atoms with Gasteiger partial charge in [0, 0.05) is 19.8 Å². The van der Waals surface area contributed by atoms with Crippen LogP contribution in [-0.2, 0) is 0 Å². The summed E-state index contributed by atoms with van der Waals surface area (Å²) in [5.41, 5.74) is 2.11. The van der Waals surface area contributed by atoms with Crippen molar-refractivity contribution in [3.05, 3.63) is 36.0 Å². The minimum absolute atomic E-state index is 0.490. The van der Waals surface area contributed by atoms with E-state index in [1.165, 1.54) is 11.8 Å². The largest absolute Gasteiger partial charge is 0.383 e. The summed E-state index contributed by atoms with van der Waals surface area (Å²) in [6.45, 7) is 2.04. The summed E-state index contributed by atoms with van der Waals surface area (Å²) in [6.07, 6.45) is 4.06. The molecule has 1 aromatic rings. The lowest BCUT2D eigenvalue weighted by Gasteiger charge is -2.07. The van der Waals surface area contributed by atoms with Gasteiger partial charge in [-0.1, -0.05) is 30.8 Å². The number of rotatable bonds is 4. The molecule has 3 nitrogen and oxygen atoms in total. The van der Waals surface area contributed by atoms with Crippen LogP contribution in [0.4, 0.5) is 5.69 Å². The van der Waals surface area contributed by atoms with Crippen LogP contribution in [0.15, 0.2) is 30.5 Å². The topological polar surface area (TPSA) is 39.1 Å². The van der Waals surface area contributed by atoms with Gasteiger partial charge in [0.1, 0.15) is 0 Å². The monoisotopic (exact) mass is 249 g/mol. The first-order chi connectivity index (χ1) is 8.11. The summed E-state index contributed by atoms with van der Waals surface area (Å²) in [5.74, 6) is 0.912. The fourth-order valence-electron chi connectivity index (χ4n) is 1.22. The van der Waals surface area contributed by atoms with E-state index < -0.39 is 0 Å². The van der Waals surface area contributed by atoms with Gasteiger partial charge in [-0.15, -0.1) is 0 Å². The third-order valence-electron chi connectivity index (χ3n) is 2.02. The molecular formula is C13H19N3S. The van der Waals surface area contributed by atoms with Gasteiger partial charge in [0.25, 0.3) is 0 Å². The summed E-state index contributed by atoms with van der Waals surface area (Å²) < 4.78 is 0. The van der Waals surface area contributed by atoms with E-state index in [4.69, 9.17) is 5.41 Å². The minimum atomic E-state index is 0.490. The third-order valence-corrected chi connectivity index (χ3v) is 2.70. The molecule has 0 bridgehead atoms. The average Bonchev–Trinajstić information content (AvgIpc) is 2.28. The van der Waals surface area contributed by atoms with Gasteiger partial charge in [-0.05, 0) is 35.7 Å². The van der Waals surface area contributed by atoms with Gasteiger partial charge < -0.3 is 10.2 Å². The van der Waals surface area contributed by atoms with Crippen molar-refractivity contribution in [3.8, 4) is 0 Å². The maximum atomic E-state index is 7.65. The zero-order valence-corrected chi connectivity index (χ0v) is 11.3. The van der Waals surface area contributed by atoms with Gasteiger partial charge in [-0.25, -0.2) is 0 Å². The molecule has 4 heteroatoms. The Morgan fingerprint density at radius 1 is 1.35 bits per heavy atom. The van der Waals surface area contributed by atoms with Crippen molar-refractivity contribution >= 4 is 28.7 Å². The molecule has 17 heavy (non-hydrogen) atoms. The van der Waals surface area contributed by atoms with E-state index in [-0.39, 0.29) is 0 Å². The molecule has 0 spiro atoms. The quantitative estimate of drug-likeness (QED) is 0.635. The van der Waals surface area contributed by atoms with Crippen molar-refractivity contribution in [1.29, 1.82) is 5.41 Å². The van der Waals surface area contributed by atoms with Crippen LogP contribution >= 0.6 is 11.8 Å². The second-order valence-corrected chi connectivity index (χ2v) is 5.06. The molecular weight excluding hydrogens is 230 g/mol. The minimum Gasteiger partial charge on any atom is -0.383 e. The van der Waals surface area contributed by atoms with Crippen molar-refractivity contribution in [2.75, 3.05) is 25.2 Å². The number of thioether (sulfide) groups is 1. The van der Waals surface area contributed by atoms with Crippen molar-refractivity contribution < 1.29 is 0 Å². The van der Waals surface area contributed by atoms with E-state index >= 15 is 0 Å². The predicted molar refractivity (Wildman–Crippen MR) is 78.6 cm³/mol. The van der Waals surface area contributed by atoms with Crippen molar-refractivity contribution in [1.82, 2.24) is 4.90 Å². The van der Waals surface area contributed by atoms with Crippen LogP contribution in [-0.4, -0.2) is 29.9 Å². The van der Waals surface area contributed by atoms with E-state index in [0.29, 0.717) is 5.17 Å². The first kappa shape index (κ1) is 13.6. The summed E-state index contributed by atoms with van der Waals surface area (Å²) in [5, 5.41) is 11.2. The highest BCUT2D eigenvalue weighted by atomic mass is 32.2. The van der Waals surface area contributed by atoms with Crippen LogP contribution in [0, 0.1) is 5.41 Å². The molecule has 0 atom stereocenters. The van der Waals surface area contributed by atoms with Gasteiger partial charge in [0.2, 0.25) is 0 Å². The molecule has 0 saturated carbocycles. The Labute approximate surface area is 107 Å².